The predicted octanol–water partition coefficient (Wildman–Crippen LogP) is 5.96. The van der Waals surface area contributed by atoms with Gasteiger partial charge in [-0.1, -0.05) is 62.8 Å². The molecule has 1 rings (SSSR count). The lowest BCUT2D eigenvalue weighted by atomic mass is 10.0. The van der Waals surface area contributed by atoms with Crippen molar-refractivity contribution in [3.05, 3.63) is 76.1 Å². The third-order valence-corrected chi connectivity index (χ3v) is 5.12. The average molecular weight is 439 g/mol. The van der Waals surface area contributed by atoms with Crippen molar-refractivity contribution in [3.63, 3.8) is 0 Å². The van der Waals surface area contributed by atoms with E-state index in [0.717, 1.165) is 29.9 Å². The number of benzene rings is 1. The molecule has 0 fully saturated rings. The summed E-state index contributed by atoms with van der Waals surface area (Å²) in [5.74, 6) is 1.07. The monoisotopic (exact) mass is 438 g/mol. The lowest BCUT2D eigenvalue weighted by molar-refractivity contribution is -0.118. The Morgan fingerprint density at radius 2 is 1.91 bits per heavy atom. The highest BCUT2D eigenvalue weighted by Gasteiger charge is 2.13. The van der Waals surface area contributed by atoms with Crippen LogP contribution in [0.4, 0.5) is 0 Å². The Morgan fingerprint density at radius 1 is 1.16 bits per heavy atom. The Balaban J connectivity index is 2.67. The lowest BCUT2D eigenvalue weighted by Crippen LogP contribution is -2.28. The highest BCUT2D eigenvalue weighted by molar-refractivity contribution is 5.93. The van der Waals surface area contributed by atoms with E-state index in [-0.39, 0.29) is 11.8 Å². The summed E-state index contributed by atoms with van der Waals surface area (Å²) >= 11 is 0. The Morgan fingerprint density at radius 3 is 2.53 bits per heavy atom. The fraction of sp³-hybridized carbons (Fsp3) is 0.464. The molecular weight excluding hydrogens is 396 g/mol. The molecule has 0 bridgehead atoms. The molecular formula is C28H42N2O2. The number of nitrogens with one attached hydrogen (secondary N) is 2. The first-order chi connectivity index (χ1) is 15.3. The van der Waals surface area contributed by atoms with Crippen molar-refractivity contribution in [2.45, 2.75) is 61.4 Å². The number of hydrogen-bond acceptors (Lipinski definition) is 3. The highest BCUT2D eigenvalue weighted by Crippen LogP contribution is 2.16. The van der Waals surface area contributed by atoms with Gasteiger partial charge in [0, 0.05) is 25.2 Å². The van der Waals surface area contributed by atoms with Gasteiger partial charge in [0.15, 0.2) is 0 Å². The minimum absolute atomic E-state index is 0.00325. The van der Waals surface area contributed by atoms with Crippen LogP contribution in [-0.2, 0) is 22.5 Å². The molecule has 2 N–H and O–H groups in total. The van der Waals surface area contributed by atoms with Crippen molar-refractivity contribution >= 4 is 12.0 Å². The number of rotatable bonds is 13. The van der Waals surface area contributed by atoms with E-state index in [1.165, 1.54) is 16.7 Å². The molecule has 32 heavy (non-hydrogen) atoms. The minimum atomic E-state index is -0.00325. The van der Waals surface area contributed by atoms with Gasteiger partial charge in [-0.2, -0.15) is 0 Å². The smallest absolute Gasteiger partial charge is 0.247 e. The van der Waals surface area contributed by atoms with E-state index in [0.29, 0.717) is 19.7 Å². The fourth-order valence-electron chi connectivity index (χ4n) is 3.33. The van der Waals surface area contributed by atoms with Crippen LogP contribution in [0.2, 0.25) is 0 Å². The number of allylic oxidation sites excluding steroid dienone is 4. The Hall–Kier alpha value is -2.59. The molecule has 0 aliphatic carbocycles. The van der Waals surface area contributed by atoms with Gasteiger partial charge in [-0.3, -0.25) is 4.79 Å². The molecule has 1 aromatic carbocycles. The van der Waals surface area contributed by atoms with Crippen LogP contribution in [0.25, 0.3) is 6.08 Å². The van der Waals surface area contributed by atoms with Crippen molar-refractivity contribution in [3.8, 4) is 0 Å². The van der Waals surface area contributed by atoms with Crippen molar-refractivity contribution in [2.24, 2.45) is 5.92 Å². The third kappa shape index (κ3) is 10.1. The molecule has 1 aromatic rings. The second kappa shape index (κ2) is 15.3. The van der Waals surface area contributed by atoms with Crippen LogP contribution in [0.1, 0.15) is 65.2 Å². The van der Waals surface area contributed by atoms with E-state index < -0.39 is 0 Å². The topological polar surface area (TPSA) is 50.4 Å². The van der Waals surface area contributed by atoms with E-state index >= 15 is 0 Å². The molecule has 0 unspecified atom stereocenters. The van der Waals surface area contributed by atoms with Crippen LogP contribution in [0.15, 0.2) is 59.4 Å². The molecule has 0 spiro atoms. The van der Waals surface area contributed by atoms with Crippen LogP contribution in [0, 0.1) is 5.92 Å². The number of amides is 1. The molecule has 0 aromatic heterocycles. The van der Waals surface area contributed by atoms with Crippen LogP contribution in [-0.4, -0.2) is 25.6 Å². The van der Waals surface area contributed by atoms with Gasteiger partial charge in [0.05, 0.1) is 12.4 Å². The number of hydrogen-bond donors (Lipinski definition) is 2. The fourth-order valence-corrected chi connectivity index (χ4v) is 3.33. The summed E-state index contributed by atoms with van der Waals surface area (Å²) in [6.07, 6.45) is 11.2. The molecule has 0 radical (unpaired) electrons. The second-order valence-corrected chi connectivity index (χ2v) is 8.24. The Bertz CT molecular complexity index is 845. The molecule has 0 atom stereocenters. The predicted molar refractivity (Wildman–Crippen MR) is 137 cm³/mol. The lowest BCUT2D eigenvalue weighted by Gasteiger charge is -2.14. The second-order valence-electron chi connectivity index (χ2n) is 8.24. The summed E-state index contributed by atoms with van der Waals surface area (Å²) in [4.78, 5) is 12.8. The molecule has 0 saturated heterocycles. The maximum Gasteiger partial charge on any atom is 0.247 e. The standard InChI is InChI=1S/C28H42N2O2/c1-8-11-26-18-24(14-15-25(26)9-2)20-30-28(31)27(21(4)5)16-17-29-19-22(6)12-13-23(7)32-10-3/h8,11-16,18,21,29H,9-10,17,19-20H2,1-7H3,(H,30,31)/b11-8-,22-12+,23-13+,27-16+. The highest BCUT2D eigenvalue weighted by atomic mass is 16.5. The van der Waals surface area contributed by atoms with Gasteiger partial charge in [0.25, 0.3) is 0 Å². The van der Waals surface area contributed by atoms with E-state index in [4.69, 9.17) is 4.74 Å². The molecule has 4 heteroatoms. The zero-order valence-corrected chi connectivity index (χ0v) is 21.0. The summed E-state index contributed by atoms with van der Waals surface area (Å²) in [5, 5.41) is 6.48. The van der Waals surface area contributed by atoms with Crippen molar-refractivity contribution in [1.29, 1.82) is 0 Å². The maximum absolute atomic E-state index is 12.8. The normalized spacial score (nSPS) is 13.2. The number of carbonyl (C=O) groups excluding carboxylic acids is 1. The van der Waals surface area contributed by atoms with Crippen LogP contribution in [0.5, 0.6) is 0 Å². The summed E-state index contributed by atoms with van der Waals surface area (Å²) in [6.45, 7) is 16.9. The van der Waals surface area contributed by atoms with Crippen molar-refractivity contribution in [1.82, 2.24) is 10.6 Å². The summed E-state index contributed by atoms with van der Waals surface area (Å²) < 4.78 is 5.43. The molecule has 4 nitrogen and oxygen atoms in total. The molecule has 0 aliphatic heterocycles. The van der Waals surface area contributed by atoms with Gasteiger partial charge in [-0.05, 0) is 68.9 Å². The number of carbonyl (C=O) groups is 1. The van der Waals surface area contributed by atoms with Gasteiger partial charge in [-0.15, -0.1) is 0 Å². The first-order valence-electron chi connectivity index (χ1n) is 11.7. The molecule has 176 valence electrons. The van der Waals surface area contributed by atoms with Crippen LogP contribution >= 0.6 is 0 Å². The molecule has 1 amide bonds. The van der Waals surface area contributed by atoms with Gasteiger partial charge < -0.3 is 15.4 Å². The molecule has 0 saturated carbocycles. The van der Waals surface area contributed by atoms with E-state index in [1.54, 1.807) is 0 Å². The van der Waals surface area contributed by atoms with E-state index in [1.807, 2.05) is 32.9 Å². The third-order valence-electron chi connectivity index (χ3n) is 5.12. The van der Waals surface area contributed by atoms with Crippen LogP contribution in [0.3, 0.4) is 0 Å². The quantitative estimate of drug-likeness (QED) is 0.173. The van der Waals surface area contributed by atoms with Crippen molar-refractivity contribution in [2.75, 3.05) is 19.7 Å². The number of aryl methyl sites for hydroxylation is 1. The van der Waals surface area contributed by atoms with Gasteiger partial charge in [0.2, 0.25) is 5.91 Å². The van der Waals surface area contributed by atoms with Gasteiger partial charge >= 0.3 is 0 Å². The summed E-state index contributed by atoms with van der Waals surface area (Å²) in [5.41, 5.74) is 5.67. The van der Waals surface area contributed by atoms with Crippen molar-refractivity contribution < 1.29 is 9.53 Å². The van der Waals surface area contributed by atoms with Crippen LogP contribution < -0.4 is 10.6 Å². The number of ether oxygens (including phenoxy) is 1. The summed E-state index contributed by atoms with van der Waals surface area (Å²) in [6, 6.07) is 6.42. The average Bonchev–Trinajstić information content (AvgIpc) is 2.76. The Labute approximate surface area is 195 Å². The SMILES string of the molecule is C/C=C\c1cc(CNC(=O)/C(=C/CNC/C(C)=C/C=C(\C)OCC)C(C)C)ccc1CC. The van der Waals surface area contributed by atoms with Gasteiger partial charge in [0.1, 0.15) is 0 Å². The largest absolute Gasteiger partial charge is 0.499 e. The van der Waals surface area contributed by atoms with E-state index in [2.05, 4.69) is 74.8 Å². The maximum atomic E-state index is 12.8. The zero-order chi connectivity index (χ0) is 23.9. The zero-order valence-electron chi connectivity index (χ0n) is 21.0. The summed E-state index contributed by atoms with van der Waals surface area (Å²) in [7, 11) is 0. The minimum Gasteiger partial charge on any atom is -0.499 e. The first-order valence-corrected chi connectivity index (χ1v) is 11.7. The molecule has 0 heterocycles. The first kappa shape index (κ1) is 27.4. The van der Waals surface area contributed by atoms with E-state index in [9.17, 15) is 4.79 Å². The Kier molecular flexibility index (Phi) is 13.1. The molecule has 0 aliphatic rings. The van der Waals surface area contributed by atoms with Gasteiger partial charge in [-0.25, -0.2) is 0 Å².